The largest absolute Gasteiger partial charge is 0.480 e. The zero-order valence-corrected chi connectivity index (χ0v) is 17.8. The van der Waals surface area contributed by atoms with E-state index < -0.39 is 24.0 Å². The second kappa shape index (κ2) is 8.32. The summed E-state index contributed by atoms with van der Waals surface area (Å²) in [5, 5.41) is 9.01. The molecule has 1 fully saturated rings. The lowest BCUT2D eigenvalue weighted by molar-refractivity contribution is -0.140. The number of carboxylic acid groups (broad SMARTS) is 1. The van der Waals surface area contributed by atoms with Crippen LogP contribution in [0.2, 0.25) is 0 Å². The van der Waals surface area contributed by atoms with Gasteiger partial charge < -0.3 is 9.84 Å². The van der Waals surface area contributed by atoms with Crippen LogP contribution < -0.4 is 10.3 Å². The predicted molar refractivity (Wildman–Crippen MR) is 120 cm³/mol. The Labute approximate surface area is 185 Å². The number of hydrogen-bond acceptors (Lipinski definition) is 7. The first kappa shape index (κ1) is 20.8. The lowest BCUT2D eigenvalue weighted by Gasteiger charge is -2.11. The van der Waals surface area contributed by atoms with E-state index in [1.165, 1.54) is 10.5 Å². The molecule has 3 heterocycles. The Hall–Kier alpha value is -3.50. The van der Waals surface area contributed by atoms with E-state index in [9.17, 15) is 14.4 Å². The number of carboxylic acids is 1. The van der Waals surface area contributed by atoms with Gasteiger partial charge in [0.15, 0.2) is 0 Å². The Balaban J connectivity index is 1.83. The summed E-state index contributed by atoms with van der Waals surface area (Å²) in [7, 11) is 0. The van der Waals surface area contributed by atoms with Crippen molar-refractivity contribution in [3.8, 4) is 11.6 Å². The second-order valence-corrected chi connectivity index (χ2v) is 8.32. The number of hydrogen-bond donors (Lipinski definition) is 1. The number of nitrogens with zero attached hydrogens (tertiary/aromatic N) is 3. The summed E-state index contributed by atoms with van der Waals surface area (Å²) in [4.78, 5) is 42.4. The zero-order valence-electron chi connectivity index (χ0n) is 16.1. The number of thiocarbonyl (C=S) groups is 1. The Morgan fingerprint density at radius 2 is 1.97 bits per heavy atom. The topological polar surface area (TPSA) is 101 Å². The molecule has 8 nitrogen and oxygen atoms in total. The van der Waals surface area contributed by atoms with Crippen LogP contribution in [0, 0.1) is 6.92 Å². The minimum absolute atomic E-state index is 0.0311. The summed E-state index contributed by atoms with van der Waals surface area (Å²) >= 11 is 6.05. The summed E-state index contributed by atoms with van der Waals surface area (Å²) < 4.78 is 7.33. The second-order valence-electron chi connectivity index (χ2n) is 6.64. The molecular formula is C21H15N3O5S2. The van der Waals surface area contributed by atoms with E-state index in [-0.39, 0.29) is 20.7 Å². The quantitative estimate of drug-likeness (QED) is 0.465. The number of rotatable bonds is 5. The van der Waals surface area contributed by atoms with E-state index in [1.54, 1.807) is 36.5 Å². The maximum atomic E-state index is 13.2. The highest BCUT2D eigenvalue weighted by atomic mass is 32.2. The van der Waals surface area contributed by atoms with Crippen molar-refractivity contribution in [3.63, 3.8) is 0 Å². The molecule has 3 aromatic rings. The number of thioether (sulfide) groups is 1. The number of benzene rings is 1. The van der Waals surface area contributed by atoms with Crippen LogP contribution >= 0.6 is 24.0 Å². The van der Waals surface area contributed by atoms with Crippen molar-refractivity contribution >= 4 is 51.9 Å². The van der Waals surface area contributed by atoms with E-state index in [1.807, 2.05) is 19.1 Å². The Kier molecular flexibility index (Phi) is 5.57. The van der Waals surface area contributed by atoms with Gasteiger partial charge in [-0.25, -0.2) is 0 Å². The molecule has 1 aliphatic rings. The standard InChI is InChI=1S/C21H15N3O5S2/c1-12-5-7-13(8-6-12)29-18-14(19(27)23-9-3-2-4-16(23)22-18)10-15-20(28)24(11-17(25)26)21(30)31-15/h2-10H,11H2,1H3,(H,25,26)/b15-10-. The number of aromatic nitrogens is 2. The van der Waals surface area contributed by atoms with Crippen molar-refractivity contribution in [1.82, 2.24) is 14.3 Å². The van der Waals surface area contributed by atoms with E-state index >= 15 is 0 Å². The Morgan fingerprint density at radius 1 is 1.23 bits per heavy atom. The highest BCUT2D eigenvalue weighted by molar-refractivity contribution is 8.26. The fourth-order valence-electron chi connectivity index (χ4n) is 2.90. The highest BCUT2D eigenvalue weighted by Gasteiger charge is 2.34. The van der Waals surface area contributed by atoms with Gasteiger partial charge in [-0.15, -0.1) is 0 Å². The molecule has 0 spiro atoms. The molecule has 4 rings (SSSR count). The molecule has 1 amide bonds. The number of amides is 1. The van der Waals surface area contributed by atoms with Crippen LogP contribution in [-0.4, -0.2) is 42.1 Å². The number of ether oxygens (including phenoxy) is 1. The smallest absolute Gasteiger partial charge is 0.323 e. The molecule has 0 bridgehead atoms. The molecule has 0 saturated carbocycles. The third-order valence-corrected chi connectivity index (χ3v) is 5.79. The van der Waals surface area contributed by atoms with E-state index in [2.05, 4.69) is 4.98 Å². The first-order chi connectivity index (χ1) is 14.8. The summed E-state index contributed by atoms with van der Waals surface area (Å²) in [5.74, 6) is -1.26. The van der Waals surface area contributed by atoms with Crippen molar-refractivity contribution in [2.24, 2.45) is 0 Å². The van der Waals surface area contributed by atoms with Crippen molar-refractivity contribution in [2.75, 3.05) is 6.54 Å². The molecule has 0 atom stereocenters. The average Bonchev–Trinajstić information content (AvgIpc) is 2.99. The third kappa shape index (κ3) is 4.21. The molecular weight excluding hydrogens is 438 g/mol. The van der Waals surface area contributed by atoms with E-state index in [0.29, 0.717) is 11.4 Å². The van der Waals surface area contributed by atoms with Gasteiger partial charge in [-0.2, -0.15) is 4.98 Å². The normalized spacial score (nSPS) is 15.1. The molecule has 31 heavy (non-hydrogen) atoms. The van der Waals surface area contributed by atoms with E-state index in [0.717, 1.165) is 22.2 Å². The number of pyridine rings is 1. The number of carbonyl (C=O) groups excluding carboxylic acids is 1. The SMILES string of the molecule is Cc1ccc(Oc2nc3ccccn3c(=O)c2/C=C2\SC(=S)N(CC(=O)O)C2=O)cc1. The van der Waals surface area contributed by atoms with Crippen molar-refractivity contribution < 1.29 is 19.4 Å². The lowest BCUT2D eigenvalue weighted by Crippen LogP contribution is -2.33. The summed E-state index contributed by atoms with van der Waals surface area (Å²) in [6.07, 6.45) is 2.91. The minimum atomic E-state index is -1.19. The van der Waals surface area contributed by atoms with Gasteiger partial charge >= 0.3 is 5.97 Å². The van der Waals surface area contributed by atoms with Gasteiger partial charge in [0, 0.05) is 6.20 Å². The van der Waals surface area contributed by atoms with Gasteiger partial charge in [0.2, 0.25) is 5.88 Å². The fourth-order valence-corrected chi connectivity index (χ4v) is 4.14. The van der Waals surface area contributed by atoms with Crippen molar-refractivity contribution in [2.45, 2.75) is 6.92 Å². The van der Waals surface area contributed by atoms with Gasteiger partial charge in [0.25, 0.3) is 11.5 Å². The predicted octanol–water partition coefficient (Wildman–Crippen LogP) is 3.08. The molecule has 156 valence electrons. The summed E-state index contributed by atoms with van der Waals surface area (Å²) in [5.41, 5.74) is 1.04. The zero-order chi connectivity index (χ0) is 22.1. The van der Waals surface area contributed by atoms with Gasteiger partial charge in [0.1, 0.15) is 27.8 Å². The molecule has 1 saturated heterocycles. The first-order valence-corrected chi connectivity index (χ1v) is 10.3. The third-order valence-electron chi connectivity index (χ3n) is 4.41. The minimum Gasteiger partial charge on any atom is -0.480 e. The van der Waals surface area contributed by atoms with Crippen LogP contribution in [0.3, 0.4) is 0 Å². The number of aliphatic carboxylic acids is 1. The summed E-state index contributed by atoms with van der Waals surface area (Å²) in [6.45, 7) is 1.39. The van der Waals surface area contributed by atoms with Gasteiger partial charge in [-0.1, -0.05) is 47.7 Å². The van der Waals surface area contributed by atoms with Crippen molar-refractivity contribution in [1.29, 1.82) is 0 Å². The molecule has 10 heteroatoms. The Bertz CT molecular complexity index is 1310. The fraction of sp³-hybridized carbons (Fsp3) is 0.0952. The van der Waals surface area contributed by atoms with Crippen LogP contribution in [0.25, 0.3) is 11.7 Å². The van der Waals surface area contributed by atoms with Crippen LogP contribution in [0.15, 0.2) is 58.4 Å². The van der Waals surface area contributed by atoms with Crippen LogP contribution in [-0.2, 0) is 9.59 Å². The first-order valence-electron chi connectivity index (χ1n) is 9.06. The lowest BCUT2D eigenvalue weighted by atomic mass is 10.2. The monoisotopic (exact) mass is 453 g/mol. The van der Waals surface area contributed by atoms with E-state index in [4.69, 9.17) is 22.1 Å². The maximum absolute atomic E-state index is 13.2. The van der Waals surface area contributed by atoms with Crippen molar-refractivity contribution in [3.05, 3.63) is 75.0 Å². The van der Waals surface area contributed by atoms with Gasteiger partial charge in [0.05, 0.1) is 4.91 Å². The van der Waals surface area contributed by atoms with Gasteiger partial charge in [-0.05, 0) is 37.3 Å². The molecule has 0 aliphatic carbocycles. The molecule has 0 unspecified atom stereocenters. The number of fused-ring (bicyclic) bond motifs is 1. The molecule has 1 N–H and O–H groups in total. The number of carbonyl (C=O) groups is 2. The Morgan fingerprint density at radius 3 is 2.68 bits per heavy atom. The highest BCUT2D eigenvalue weighted by Crippen LogP contribution is 2.34. The van der Waals surface area contributed by atoms with Gasteiger partial charge in [-0.3, -0.25) is 23.7 Å². The van der Waals surface area contributed by atoms with Crippen LogP contribution in [0.5, 0.6) is 11.6 Å². The molecule has 1 aliphatic heterocycles. The molecule has 2 aromatic heterocycles. The number of aryl methyl sites for hydroxylation is 1. The maximum Gasteiger partial charge on any atom is 0.323 e. The molecule has 0 radical (unpaired) electrons. The summed E-state index contributed by atoms with van der Waals surface area (Å²) in [6, 6.07) is 12.3. The van der Waals surface area contributed by atoms with Crippen LogP contribution in [0.1, 0.15) is 11.1 Å². The molecule has 1 aromatic carbocycles. The van der Waals surface area contributed by atoms with Crippen LogP contribution in [0.4, 0.5) is 0 Å². The average molecular weight is 454 g/mol.